The van der Waals surface area contributed by atoms with Gasteiger partial charge in [-0.2, -0.15) is 13.2 Å². The fourth-order valence-corrected chi connectivity index (χ4v) is 4.55. The van der Waals surface area contributed by atoms with Crippen LogP contribution in [0.5, 0.6) is 0 Å². The van der Waals surface area contributed by atoms with Gasteiger partial charge in [0, 0.05) is 25.2 Å². The number of carbonyl (C=O) groups is 1. The third-order valence-corrected chi connectivity index (χ3v) is 6.72. The van der Waals surface area contributed by atoms with Crippen molar-refractivity contribution in [3.8, 4) is 0 Å². The maximum atomic E-state index is 14.2. The number of carbonyl (C=O) groups excluding carboxylic acids is 1. The zero-order valence-electron chi connectivity index (χ0n) is 19.2. The number of anilines is 2. The van der Waals surface area contributed by atoms with Crippen LogP contribution in [0.15, 0.2) is 29.4 Å². The van der Waals surface area contributed by atoms with E-state index in [1.165, 1.54) is 19.3 Å². The van der Waals surface area contributed by atoms with Crippen molar-refractivity contribution in [2.45, 2.75) is 68.5 Å². The SMILES string of the molecule is C[C@H](CCC(=O)O[C@@H]1CC[C@H](c2cnc(Nc3c(F)cc(S(N)(=O)=O)cc3F)nc2)C1)CC(F)(F)F. The Hall–Kier alpha value is -2.87. The summed E-state index contributed by atoms with van der Waals surface area (Å²) in [6.07, 6.45) is -0.965. The number of hydrogen-bond acceptors (Lipinski definition) is 7. The number of rotatable bonds is 9. The molecule has 1 aliphatic rings. The monoisotopic (exact) mass is 536 g/mol. The summed E-state index contributed by atoms with van der Waals surface area (Å²) in [6.45, 7) is 1.44. The topological polar surface area (TPSA) is 124 Å². The second kappa shape index (κ2) is 11.0. The zero-order valence-corrected chi connectivity index (χ0v) is 20.0. The molecule has 36 heavy (non-hydrogen) atoms. The van der Waals surface area contributed by atoms with E-state index in [-0.39, 0.29) is 30.8 Å². The molecule has 0 spiro atoms. The number of nitrogens with one attached hydrogen (secondary N) is 1. The molecule has 0 bridgehead atoms. The molecule has 8 nitrogen and oxygen atoms in total. The maximum Gasteiger partial charge on any atom is 0.389 e. The van der Waals surface area contributed by atoms with Gasteiger partial charge < -0.3 is 10.1 Å². The molecule has 0 aliphatic heterocycles. The summed E-state index contributed by atoms with van der Waals surface area (Å²) in [5.74, 6) is -3.77. The van der Waals surface area contributed by atoms with Crippen LogP contribution in [0.2, 0.25) is 0 Å². The van der Waals surface area contributed by atoms with Crippen molar-refractivity contribution >= 4 is 27.6 Å². The van der Waals surface area contributed by atoms with Crippen LogP contribution in [0.1, 0.15) is 56.9 Å². The van der Waals surface area contributed by atoms with Crippen LogP contribution >= 0.6 is 0 Å². The van der Waals surface area contributed by atoms with E-state index in [0.717, 1.165) is 0 Å². The van der Waals surface area contributed by atoms with Crippen LogP contribution in [-0.2, 0) is 19.6 Å². The molecular formula is C22H25F5N4O4S. The van der Waals surface area contributed by atoms with Crippen molar-refractivity contribution in [2.75, 3.05) is 5.32 Å². The van der Waals surface area contributed by atoms with E-state index in [1.807, 2.05) is 0 Å². The number of benzene rings is 1. The molecule has 1 fully saturated rings. The van der Waals surface area contributed by atoms with Gasteiger partial charge in [0.15, 0.2) is 11.6 Å². The predicted octanol–water partition coefficient (Wildman–Crippen LogP) is 4.69. The molecule has 0 unspecified atom stereocenters. The van der Waals surface area contributed by atoms with E-state index < -0.39 is 56.7 Å². The zero-order chi connectivity index (χ0) is 26.7. The lowest BCUT2D eigenvalue weighted by molar-refractivity contribution is -0.152. The first-order valence-corrected chi connectivity index (χ1v) is 12.6. The van der Waals surface area contributed by atoms with Crippen molar-refractivity contribution in [2.24, 2.45) is 11.1 Å². The van der Waals surface area contributed by atoms with Gasteiger partial charge in [-0.05, 0) is 55.2 Å². The Morgan fingerprint density at radius 2 is 1.81 bits per heavy atom. The van der Waals surface area contributed by atoms with Gasteiger partial charge >= 0.3 is 12.1 Å². The second-order valence-electron chi connectivity index (χ2n) is 8.86. The van der Waals surface area contributed by atoms with Crippen LogP contribution in [0.4, 0.5) is 33.6 Å². The predicted molar refractivity (Wildman–Crippen MR) is 119 cm³/mol. The highest BCUT2D eigenvalue weighted by atomic mass is 32.2. The Bertz CT molecular complexity index is 1170. The molecule has 0 amide bonds. The molecule has 1 aromatic carbocycles. The van der Waals surface area contributed by atoms with E-state index in [9.17, 15) is 35.2 Å². The van der Waals surface area contributed by atoms with Crippen LogP contribution < -0.4 is 10.5 Å². The lowest BCUT2D eigenvalue weighted by atomic mass is 10.0. The Kier molecular flexibility index (Phi) is 8.49. The van der Waals surface area contributed by atoms with Crippen LogP contribution in [0, 0.1) is 17.6 Å². The summed E-state index contributed by atoms with van der Waals surface area (Å²) in [4.78, 5) is 19.4. The first kappa shape index (κ1) is 27.7. The number of nitrogens with zero attached hydrogens (tertiary/aromatic N) is 2. The number of nitrogens with two attached hydrogens (primary N) is 1. The molecule has 1 aromatic heterocycles. The van der Waals surface area contributed by atoms with Crippen molar-refractivity contribution in [1.29, 1.82) is 0 Å². The molecule has 1 aliphatic carbocycles. The number of sulfonamides is 1. The summed E-state index contributed by atoms with van der Waals surface area (Å²) in [5.41, 5.74) is 0.0657. The second-order valence-corrected chi connectivity index (χ2v) is 10.4. The smallest absolute Gasteiger partial charge is 0.389 e. The Balaban J connectivity index is 1.53. The first-order chi connectivity index (χ1) is 16.7. The highest BCUT2D eigenvalue weighted by Crippen LogP contribution is 2.36. The van der Waals surface area contributed by atoms with Crippen molar-refractivity contribution in [1.82, 2.24) is 9.97 Å². The molecule has 14 heteroatoms. The standard InChI is InChI=1S/C22H25F5N4O4S/c1-12(9-22(25,26)27)2-5-19(32)35-15-4-3-13(6-15)14-10-29-21(30-11-14)31-20-17(23)7-16(8-18(20)24)36(28,33)34/h7-8,10-13,15H,2-6,9H2,1H3,(H2,28,33,34)(H,29,30,31)/t12-,13+,15-/m1/s1. The first-order valence-electron chi connectivity index (χ1n) is 11.1. The molecular weight excluding hydrogens is 511 g/mol. The summed E-state index contributed by atoms with van der Waals surface area (Å²) in [6, 6.07) is 1.15. The minimum atomic E-state index is -4.29. The number of hydrogen-bond donors (Lipinski definition) is 2. The van der Waals surface area contributed by atoms with E-state index in [4.69, 9.17) is 9.88 Å². The minimum Gasteiger partial charge on any atom is -0.462 e. The highest BCUT2D eigenvalue weighted by molar-refractivity contribution is 7.89. The fraction of sp³-hybridized carbons (Fsp3) is 0.500. The molecule has 0 radical (unpaired) electrons. The maximum absolute atomic E-state index is 14.2. The lowest BCUT2D eigenvalue weighted by Crippen LogP contribution is -2.17. The van der Waals surface area contributed by atoms with Gasteiger partial charge in [0.25, 0.3) is 0 Å². The van der Waals surface area contributed by atoms with Crippen LogP contribution in [0.3, 0.4) is 0 Å². The van der Waals surface area contributed by atoms with E-state index in [0.29, 0.717) is 37.0 Å². The molecule has 1 heterocycles. The van der Waals surface area contributed by atoms with Gasteiger partial charge in [0.1, 0.15) is 11.8 Å². The van der Waals surface area contributed by atoms with Gasteiger partial charge in [-0.25, -0.2) is 32.3 Å². The van der Waals surface area contributed by atoms with Gasteiger partial charge in [-0.3, -0.25) is 4.79 Å². The Morgan fingerprint density at radius 3 is 2.36 bits per heavy atom. The molecule has 3 atom stereocenters. The van der Waals surface area contributed by atoms with Crippen molar-refractivity contribution in [3.63, 3.8) is 0 Å². The van der Waals surface area contributed by atoms with Crippen molar-refractivity contribution in [3.05, 3.63) is 41.7 Å². The summed E-state index contributed by atoms with van der Waals surface area (Å²) < 4.78 is 93.6. The Morgan fingerprint density at radius 1 is 1.19 bits per heavy atom. The van der Waals surface area contributed by atoms with Gasteiger partial charge in [0.05, 0.1) is 4.90 Å². The van der Waals surface area contributed by atoms with E-state index in [2.05, 4.69) is 15.3 Å². The van der Waals surface area contributed by atoms with E-state index >= 15 is 0 Å². The average molecular weight is 537 g/mol. The Labute approximate surface area is 204 Å². The lowest BCUT2D eigenvalue weighted by Gasteiger charge is -2.16. The fourth-order valence-electron chi connectivity index (χ4n) is 4.01. The molecule has 3 N–H and O–H groups in total. The summed E-state index contributed by atoms with van der Waals surface area (Å²) >= 11 is 0. The minimum absolute atomic E-state index is 0.0384. The molecule has 3 rings (SSSR count). The largest absolute Gasteiger partial charge is 0.462 e. The van der Waals surface area contributed by atoms with Gasteiger partial charge in [0.2, 0.25) is 16.0 Å². The third-order valence-electron chi connectivity index (χ3n) is 5.83. The quantitative estimate of drug-likeness (QED) is 0.352. The number of alkyl halides is 3. The van der Waals surface area contributed by atoms with Crippen molar-refractivity contribution < 1.29 is 39.9 Å². The molecule has 1 saturated carbocycles. The molecule has 0 saturated heterocycles. The van der Waals surface area contributed by atoms with Crippen LogP contribution in [-0.4, -0.2) is 36.6 Å². The number of ether oxygens (including phenoxy) is 1. The number of halogens is 5. The number of esters is 1. The van der Waals surface area contributed by atoms with Gasteiger partial charge in [-0.15, -0.1) is 0 Å². The highest BCUT2D eigenvalue weighted by Gasteiger charge is 2.31. The van der Waals surface area contributed by atoms with Crippen LogP contribution in [0.25, 0.3) is 0 Å². The molecule has 2 aromatic rings. The normalized spacial score (nSPS) is 19.2. The average Bonchev–Trinajstić information content (AvgIpc) is 3.21. The van der Waals surface area contributed by atoms with E-state index in [1.54, 1.807) is 0 Å². The number of aromatic nitrogens is 2. The molecule has 198 valence electrons. The van der Waals surface area contributed by atoms with Gasteiger partial charge in [-0.1, -0.05) is 6.92 Å². The summed E-state index contributed by atoms with van der Waals surface area (Å²) in [5, 5.41) is 7.25. The number of primary sulfonamides is 1. The summed E-state index contributed by atoms with van der Waals surface area (Å²) in [7, 11) is -4.29. The third kappa shape index (κ3) is 7.82.